The van der Waals surface area contributed by atoms with Crippen LogP contribution in [-0.2, 0) is 14.3 Å². The normalized spacial score (nSPS) is 12.7. The number of rotatable bonds is 57. The number of esters is 1. The van der Waals surface area contributed by atoms with Gasteiger partial charge in [-0.15, -0.1) is 0 Å². The summed E-state index contributed by atoms with van der Waals surface area (Å²) in [5, 5.41) is 23.2. The molecule has 0 saturated heterocycles. The minimum Gasteiger partial charge on any atom is -0.466 e. The van der Waals surface area contributed by atoms with Crippen LogP contribution in [0.25, 0.3) is 0 Å². The summed E-state index contributed by atoms with van der Waals surface area (Å²) < 4.78 is 5.47. The summed E-state index contributed by atoms with van der Waals surface area (Å²) in [5.41, 5.74) is 0. The number of hydrogen-bond acceptors (Lipinski definition) is 5. The molecule has 6 nitrogen and oxygen atoms in total. The summed E-state index contributed by atoms with van der Waals surface area (Å²) in [7, 11) is 0. The lowest BCUT2D eigenvalue weighted by Crippen LogP contribution is -2.45. The molecule has 6 heteroatoms. The number of carbonyl (C=O) groups is 2. The van der Waals surface area contributed by atoms with Gasteiger partial charge in [-0.2, -0.15) is 0 Å². The average molecular weight is 959 g/mol. The molecule has 0 heterocycles. The van der Waals surface area contributed by atoms with Crippen LogP contribution in [0.5, 0.6) is 0 Å². The summed E-state index contributed by atoms with van der Waals surface area (Å²) in [5.74, 6) is -0.110. The van der Waals surface area contributed by atoms with Crippen LogP contribution >= 0.6 is 0 Å². The van der Waals surface area contributed by atoms with Gasteiger partial charge in [-0.1, -0.05) is 282 Å². The molecule has 1 amide bonds. The van der Waals surface area contributed by atoms with Crippen LogP contribution in [0.3, 0.4) is 0 Å². The maximum absolute atomic E-state index is 12.5. The van der Waals surface area contributed by atoms with E-state index in [1.54, 1.807) is 6.08 Å². The number of allylic oxidation sites excluding steroid dienone is 3. The Kier molecular flexibility index (Phi) is 56.5. The molecule has 0 radical (unpaired) electrons. The van der Waals surface area contributed by atoms with E-state index in [4.69, 9.17) is 4.74 Å². The molecule has 0 fully saturated rings. The lowest BCUT2D eigenvalue weighted by Gasteiger charge is -2.20. The van der Waals surface area contributed by atoms with Gasteiger partial charge in [0.05, 0.1) is 25.4 Å². The van der Waals surface area contributed by atoms with Crippen LogP contribution in [0.4, 0.5) is 0 Å². The van der Waals surface area contributed by atoms with E-state index in [9.17, 15) is 19.8 Å². The van der Waals surface area contributed by atoms with Gasteiger partial charge < -0.3 is 20.3 Å². The second-order valence-electron chi connectivity index (χ2n) is 21.0. The molecule has 0 rings (SSSR count). The Bertz CT molecular complexity index is 1060. The SMILES string of the molecule is CCCCCCCCCCCCCCCCCCCCCC/C=C/C(O)C(CO)NC(=O)CCCCCCC/C=C\CCCCCOC(=O)CCCCCCCCCCCCCCCCCCC. The van der Waals surface area contributed by atoms with Gasteiger partial charge in [0.1, 0.15) is 0 Å². The molecule has 0 aromatic carbocycles. The number of aliphatic hydroxyl groups excluding tert-OH is 2. The van der Waals surface area contributed by atoms with Crippen LogP contribution in [-0.4, -0.2) is 47.4 Å². The predicted molar refractivity (Wildman–Crippen MR) is 296 cm³/mol. The van der Waals surface area contributed by atoms with E-state index in [-0.39, 0.29) is 18.5 Å². The molecule has 402 valence electrons. The topological polar surface area (TPSA) is 95.9 Å². The Morgan fingerprint density at radius 2 is 0.691 bits per heavy atom. The van der Waals surface area contributed by atoms with Crippen molar-refractivity contribution in [1.29, 1.82) is 0 Å². The van der Waals surface area contributed by atoms with E-state index in [0.717, 1.165) is 77.0 Å². The molecule has 3 N–H and O–H groups in total. The minimum atomic E-state index is -0.861. The molecule has 0 aliphatic heterocycles. The van der Waals surface area contributed by atoms with Crippen molar-refractivity contribution in [2.75, 3.05) is 13.2 Å². The first-order valence-corrected chi connectivity index (χ1v) is 30.6. The van der Waals surface area contributed by atoms with Crippen molar-refractivity contribution in [1.82, 2.24) is 5.32 Å². The molecule has 0 saturated carbocycles. The van der Waals surface area contributed by atoms with E-state index in [2.05, 4.69) is 31.3 Å². The number of aliphatic hydroxyl groups is 2. The fraction of sp³-hybridized carbons (Fsp3) is 0.903. The van der Waals surface area contributed by atoms with E-state index in [0.29, 0.717) is 19.4 Å². The maximum Gasteiger partial charge on any atom is 0.305 e. The molecule has 0 bridgehead atoms. The van der Waals surface area contributed by atoms with E-state index >= 15 is 0 Å². The molecule has 0 spiro atoms. The Balaban J connectivity index is 3.51. The maximum atomic E-state index is 12.5. The van der Waals surface area contributed by atoms with Gasteiger partial charge >= 0.3 is 5.97 Å². The van der Waals surface area contributed by atoms with Gasteiger partial charge in [0, 0.05) is 12.8 Å². The highest BCUT2D eigenvalue weighted by molar-refractivity contribution is 5.76. The summed E-state index contributed by atoms with van der Waals surface area (Å²) in [6.07, 6.45) is 70.7. The molecular formula is C62H119NO5. The van der Waals surface area contributed by atoms with Crippen molar-refractivity contribution in [3.05, 3.63) is 24.3 Å². The van der Waals surface area contributed by atoms with Crippen LogP contribution in [0, 0.1) is 0 Å². The number of ether oxygens (including phenoxy) is 1. The lowest BCUT2D eigenvalue weighted by atomic mass is 10.0. The Morgan fingerprint density at radius 3 is 1.04 bits per heavy atom. The number of nitrogens with one attached hydrogen (secondary N) is 1. The summed E-state index contributed by atoms with van der Waals surface area (Å²) in [6.45, 7) is 4.87. The van der Waals surface area contributed by atoms with Crippen LogP contribution in [0.1, 0.15) is 335 Å². The first kappa shape index (κ1) is 66.3. The van der Waals surface area contributed by atoms with Gasteiger partial charge in [0.25, 0.3) is 0 Å². The van der Waals surface area contributed by atoms with Crippen molar-refractivity contribution < 1.29 is 24.5 Å². The largest absolute Gasteiger partial charge is 0.466 e. The number of unbranched alkanes of at least 4 members (excludes halogenated alkanes) is 44. The Labute approximate surface area is 424 Å². The first-order chi connectivity index (χ1) is 33.5. The van der Waals surface area contributed by atoms with E-state index in [1.165, 1.54) is 231 Å². The number of hydrogen-bond donors (Lipinski definition) is 3. The highest BCUT2D eigenvalue weighted by atomic mass is 16.5. The number of amides is 1. The van der Waals surface area contributed by atoms with Crippen molar-refractivity contribution >= 4 is 11.9 Å². The van der Waals surface area contributed by atoms with E-state index < -0.39 is 12.1 Å². The van der Waals surface area contributed by atoms with Crippen LogP contribution in [0.2, 0.25) is 0 Å². The molecule has 2 atom stereocenters. The summed E-state index contributed by atoms with van der Waals surface area (Å²) in [4.78, 5) is 24.6. The third-order valence-electron chi connectivity index (χ3n) is 14.2. The zero-order chi connectivity index (χ0) is 49.3. The highest BCUT2D eigenvalue weighted by Gasteiger charge is 2.18. The van der Waals surface area contributed by atoms with Crippen molar-refractivity contribution in [3.63, 3.8) is 0 Å². The smallest absolute Gasteiger partial charge is 0.305 e. The Morgan fingerprint density at radius 1 is 0.397 bits per heavy atom. The van der Waals surface area contributed by atoms with Gasteiger partial charge in [0.15, 0.2) is 0 Å². The standard InChI is InChI=1S/C62H119NO5/c1-3-5-7-9-11-13-15-17-19-21-22-23-24-25-27-28-30-34-38-42-46-50-54-60(65)59(58-64)63-61(66)55-51-47-43-39-35-32-33-37-41-45-49-53-57-68-62(67)56-52-48-44-40-36-31-29-26-20-18-16-14-12-10-8-6-4-2/h33,37,50,54,59-60,64-65H,3-32,34-36,38-49,51-53,55-58H2,1-2H3,(H,63,66)/b37-33-,54-50+. The second-order valence-corrected chi connectivity index (χ2v) is 21.0. The minimum absolute atomic E-state index is 0.0197. The third kappa shape index (κ3) is 53.7. The van der Waals surface area contributed by atoms with E-state index in [1.807, 2.05) is 6.08 Å². The van der Waals surface area contributed by atoms with Crippen molar-refractivity contribution in [2.24, 2.45) is 0 Å². The first-order valence-electron chi connectivity index (χ1n) is 30.6. The molecule has 0 aliphatic rings. The molecule has 68 heavy (non-hydrogen) atoms. The fourth-order valence-electron chi connectivity index (χ4n) is 9.51. The van der Waals surface area contributed by atoms with Gasteiger partial charge in [-0.3, -0.25) is 9.59 Å². The van der Waals surface area contributed by atoms with Gasteiger partial charge in [-0.05, 0) is 64.2 Å². The van der Waals surface area contributed by atoms with Crippen LogP contribution in [0.15, 0.2) is 24.3 Å². The second kappa shape index (κ2) is 57.9. The van der Waals surface area contributed by atoms with Gasteiger partial charge in [-0.25, -0.2) is 0 Å². The molecule has 0 aromatic heterocycles. The zero-order valence-electron chi connectivity index (χ0n) is 45.9. The molecule has 0 aromatic rings. The Hall–Kier alpha value is -1.66. The highest BCUT2D eigenvalue weighted by Crippen LogP contribution is 2.17. The summed E-state index contributed by atoms with van der Waals surface area (Å²) >= 11 is 0. The quantitative estimate of drug-likeness (QED) is 0.0321. The average Bonchev–Trinajstić information content (AvgIpc) is 3.34. The number of carbonyl (C=O) groups excluding carboxylic acids is 2. The molecule has 2 unspecified atom stereocenters. The summed E-state index contributed by atoms with van der Waals surface area (Å²) in [6, 6.07) is -0.647. The third-order valence-corrected chi connectivity index (χ3v) is 14.2. The van der Waals surface area contributed by atoms with Crippen molar-refractivity contribution in [2.45, 2.75) is 347 Å². The lowest BCUT2D eigenvalue weighted by molar-refractivity contribution is -0.143. The fourth-order valence-corrected chi connectivity index (χ4v) is 9.51. The van der Waals surface area contributed by atoms with Gasteiger partial charge in [0.2, 0.25) is 5.91 Å². The van der Waals surface area contributed by atoms with Crippen LogP contribution < -0.4 is 5.32 Å². The predicted octanol–water partition coefficient (Wildman–Crippen LogP) is 19.0. The zero-order valence-corrected chi connectivity index (χ0v) is 45.9. The molecule has 0 aliphatic carbocycles. The molecular weight excluding hydrogens is 839 g/mol. The van der Waals surface area contributed by atoms with Crippen molar-refractivity contribution in [3.8, 4) is 0 Å². The monoisotopic (exact) mass is 958 g/mol.